The van der Waals surface area contributed by atoms with Gasteiger partial charge in [-0.15, -0.1) is 29.4 Å². The molecule has 0 rings (SSSR count). The van der Waals surface area contributed by atoms with Crippen LogP contribution in [-0.2, 0) is 0 Å². The molecule has 0 aromatic rings. The molecule has 0 saturated heterocycles. The lowest BCUT2D eigenvalue weighted by Crippen LogP contribution is -1.74. The maximum Gasteiger partial charge on any atom is 0.0689 e. The lowest BCUT2D eigenvalue weighted by Gasteiger charge is -1.74. The monoisotopic (exact) mass is 178 g/mol. The Kier molecular flexibility index (Phi) is 24.7. The van der Waals surface area contributed by atoms with Crippen LogP contribution in [0.5, 0.6) is 0 Å². The van der Waals surface area contributed by atoms with Crippen LogP contribution in [0, 0.1) is 15.3 Å². The normalized spacial score (nSPS) is 4.00. The van der Waals surface area contributed by atoms with Gasteiger partial charge in [-0.05, 0) is 0 Å². The van der Waals surface area contributed by atoms with Crippen molar-refractivity contribution in [2.75, 3.05) is 0 Å². The van der Waals surface area contributed by atoms with E-state index < -0.39 is 5.09 Å². The Morgan fingerprint density at radius 2 is 1.33 bits per heavy atom. The van der Waals surface area contributed by atoms with Gasteiger partial charge in [0.15, 0.2) is 0 Å². The smallest absolute Gasteiger partial charge is 0.0689 e. The average molecular weight is 179 g/mol. The molecule has 0 aliphatic heterocycles. The summed E-state index contributed by atoms with van der Waals surface area (Å²) in [7, 11) is 0. The molecule has 0 aliphatic rings. The van der Waals surface area contributed by atoms with Crippen molar-refractivity contribution in [2.24, 2.45) is 0 Å². The minimum absolute atomic E-state index is 0. The van der Waals surface area contributed by atoms with Crippen LogP contribution in [0.3, 0.4) is 0 Å². The fourth-order valence-electron chi connectivity index (χ4n) is 0. The van der Waals surface area contributed by atoms with E-state index in [0.29, 0.717) is 0 Å². The maximum atomic E-state index is 8.25. The van der Waals surface area contributed by atoms with Gasteiger partial charge >= 0.3 is 0 Å². The lowest BCUT2D eigenvalue weighted by atomic mass is 13.1. The van der Waals surface area contributed by atoms with Crippen molar-refractivity contribution in [2.45, 2.75) is 0 Å². The van der Waals surface area contributed by atoms with E-state index in [0.717, 1.165) is 0 Å². The molecule has 0 radical (unpaired) electrons. The van der Waals surface area contributed by atoms with Gasteiger partial charge in [-0.2, -0.15) is 0 Å². The fraction of sp³-hybridized carbons (Fsp3) is 0. The van der Waals surface area contributed by atoms with Crippen molar-refractivity contribution in [1.29, 1.82) is 0 Å². The van der Waals surface area contributed by atoms with E-state index >= 15 is 0 Å². The van der Waals surface area contributed by atoms with Crippen molar-refractivity contribution in [3.8, 4) is 0 Å². The fourth-order valence-corrected chi connectivity index (χ4v) is 0. The number of hydrogen-bond acceptors (Lipinski definition) is 3. The summed E-state index contributed by atoms with van der Waals surface area (Å²) in [6, 6.07) is 0. The van der Waals surface area contributed by atoms with Crippen molar-refractivity contribution in [1.82, 2.24) is 0 Å². The third-order valence-electron chi connectivity index (χ3n) is 0. The van der Waals surface area contributed by atoms with E-state index in [2.05, 4.69) is 0 Å². The third kappa shape index (κ3) is 38900. The van der Waals surface area contributed by atoms with E-state index in [1.54, 1.807) is 0 Å². The quantitative estimate of drug-likeness (QED) is 0.407. The molecule has 0 atom stereocenters. The minimum Gasteiger partial charge on any atom is -0.356 e. The predicted octanol–water partition coefficient (Wildman–Crippen LogP) is 0.761. The molecule has 0 N–H and O–H groups in total. The Bertz CT molecular complexity index is 33.8. The van der Waals surface area contributed by atoms with E-state index in [1.807, 2.05) is 0 Å². The summed E-state index contributed by atoms with van der Waals surface area (Å²) >= 11 is 0. The molecule has 0 saturated carbocycles. The van der Waals surface area contributed by atoms with Gasteiger partial charge in [0.1, 0.15) is 0 Å². The zero-order valence-corrected chi connectivity index (χ0v) is 5.02. The van der Waals surface area contributed by atoms with Crippen LogP contribution in [0.15, 0.2) is 0 Å². The summed E-state index contributed by atoms with van der Waals surface area (Å²) in [4.78, 5) is 8.25. The van der Waals surface area contributed by atoms with Crippen LogP contribution in [0.25, 0.3) is 0 Å². The van der Waals surface area contributed by atoms with E-state index in [-0.39, 0.29) is 29.4 Å². The first-order valence-corrected chi connectivity index (χ1v) is 0.548. The van der Waals surface area contributed by atoms with Crippen LogP contribution in [0.4, 0.5) is 0 Å². The number of hydrogen-bond donors (Lipinski definition) is 0. The summed E-state index contributed by atoms with van der Waals surface area (Å²) in [6.45, 7) is 0. The molecule has 0 aromatic carbocycles. The van der Waals surface area contributed by atoms with Gasteiger partial charge in [-0.1, -0.05) is 0 Å². The average Bonchev–Trinajstić information content (AvgIpc) is 0.811. The highest BCUT2D eigenvalue weighted by Gasteiger charge is 1.45. The molecule has 0 fully saturated rings. The molecule has 4 nitrogen and oxygen atoms in total. The molecule has 0 aliphatic carbocycles. The van der Waals surface area contributed by atoms with Crippen LogP contribution >= 0.6 is 29.4 Å². The first-order chi connectivity index (χ1) is 1.73. The molecule has 6 heavy (non-hydrogen) atoms. The Hall–Kier alpha value is -0.0300. The summed E-state index contributed by atoms with van der Waals surface area (Å²) in [5.41, 5.74) is 0. The van der Waals surface area contributed by atoms with Crippen molar-refractivity contribution < 1.29 is 5.09 Å². The summed E-state index contributed by atoms with van der Waals surface area (Å²) in [5.74, 6) is 0. The van der Waals surface area contributed by atoms with Gasteiger partial charge in [0.25, 0.3) is 0 Å². The molecule has 0 aromatic heterocycles. The maximum absolute atomic E-state index is 8.25. The standard InChI is InChI=1S/BrH.ClH.NO3/c;;2-1(3)4/h2*1H;/q;;-1. The van der Waals surface area contributed by atoms with Gasteiger partial charge in [-0.3, -0.25) is 0 Å². The minimum atomic E-state index is -1.75. The summed E-state index contributed by atoms with van der Waals surface area (Å²) in [6.07, 6.45) is 0. The summed E-state index contributed by atoms with van der Waals surface area (Å²) < 4.78 is 0. The number of nitrogens with zero attached hydrogens (tertiary/aromatic N) is 1. The molecular formula is H2BrClNO3-. The largest absolute Gasteiger partial charge is 0.356 e. The Morgan fingerprint density at radius 3 is 1.33 bits per heavy atom. The van der Waals surface area contributed by atoms with Crippen molar-refractivity contribution in [3.05, 3.63) is 15.3 Å². The highest BCUT2D eigenvalue weighted by molar-refractivity contribution is 8.93. The van der Waals surface area contributed by atoms with E-state index in [4.69, 9.17) is 15.3 Å². The SMILES string of the molecule is Br.Cl.O=[N+]([O-])[O-]. The second-order valence-electron chi connectivity index (χ2n) is 0.224. The molecule has 0 unspecified atom stereocenters. The highest BCUT2D eigenvalue weighted by Crippen LogP contribution is 1.44. The van der Waals surface area contributed by atoms with Gasteiger partial charge in [0.2, 0.25) is 0 Å². The molecule has 6 heteroatoms. The van der Waals surface area contributed by atoms with E-state index in [1.165, 1.54) is 0 Å². The van der Waals surface area contributed by atoms with Gasteiger partial charge in [-0.25, -0.2) is 0 Å². The van der Waals surface area contributed by atoms with E-state index in [9.17, 15) is 0 Å². The lowest BCUT2D eigenvalue weighted by molar-refractivity contribution is -0.402. The topological polar surface area (TPSA) is 66.2 Å². The Labute approximate surface area is 50.4 Å². The number of rotatable bonds is 0. The molecule has 0 bridgehead atoms. The first kappa shape index (κ1) is 16.7. The van der Waals surface area contributed by atoms with Gasteiger partial charge in [0, 0.05) is 0 Å². The summed E-state index contributed by atoms with van der Waals surface area (Å²) in [5, 5.41) is 14.8. The highest BCUT2D eigenvalue weighted by atomic mass is 79.9. The predicted molar refractivity (Wildman–Crippen MR) is 27.9 cm³/mol. The number of halogens is 2. The first-order valence-electron chi connectivity index (χ1n) is 0.548. The second-order valence-corrected chi connectivity index (χ2v) is 0.224. The van der Waals surface area contributed by atoms with Crippen molar-refractivity contribution in [3.63, 3.8) is 0 Å². The third-order valence-corrected chi connectivity index (χ3v) is 0. The van der Waals surface area contributed by atoms with Crippen molar-refractivity contribution >= 4 is 29.4 Å². The van der Waals surface area contributed by atoms with Crippen LogP contribution in [0.1, 0.15) is 0 Å². The molecule has 40 valence electrons. The Morgan fingerprint density at radius 1 is 1.33 bits per heavy atom. The Balaban J connectivity index is -0.0000000450. The molecule has 0 spiro atoms. The second kappa shape index (κ2) is 8.88. The van der Waals surface area contributed by atoms with Gasteiger partial charge in [0.05, 0.1) is 5.09 Å². The van der Waals surface area contributed by atoms with Crippen LogP contribution < -0.4 is 0 Å². The molecule has 0 heterocycles. The van der Waals surface area contributed by atoms with Gasteiger partial charge < -0.3 is 15.3 Å². The van der Waals surface area contributed by atoms with Crippen LogP contribution in [-0.4, -0.2) is 5.09 Å². The molecule has 0 amide bonds. The van der Waals surface area contributed by atoms with Crippen LogP contribution in [0.2, 0.25) is 0 Å². The zero-order valence-electron chi connectivity index (χ0n) is 2.49. The zero-order chi connectivity index (χ0) is 3.58. The molecular weight excluding hydrogens is 177 g/mol.